The summed E-state index contributed by atoms with van der Waals surface area (Å²) in [7, 11) is 0. The molecule has 0 saturated carbocycles. The van der Waals surface area contributed by atoms with Crippen LogP contribution in [-0.4, -0.2) is 37.5 Å². The molecular formula is C21H34NO2+. The number of quaternary nitrogens is 1. The molecule has 0 unspecified atom stereocenters. The first-order valence-electron chi connectivity index (χ1n) is 9.64. The smallest absolute Gasteiger partial charge is 0.106 e. The minimum absolute atomic E-state index is 0.0393. The first kappa shape index (κ1) is 17.9. The molecule has 3 heteroatoms. The number of nitrogens with two attached hydrogens (primary N) is 1. The van der Waals surface area contributed by atoms with Crippen molar-refractivity contribution < 1.29 is 14.8 Å². The van der Waals surface area contributed by atoms with Crippen LogP contribution in [0.5, 0.6) is 0 Å². The van der Waals surface area contributed by atoms with Gasteiger partial charge in [-0.1, -0.05) is 30.3 Å². The van der Waals surface area contributed by atoms with E-state index in [1.54, 1.807) is 0 Å². The Hall–Kier alpha value is -0.900. The summed E-state index contributed by atoms with van der Waals surface area (Å²) >= 11 is 0. The molecule has 0 amide bonds. The lowest BCUT2D eigenvalue weighted by atomic mass is 9.66. The molecule has 2 aliphatic heterocycles. The van der Waals surface area contributed by atoms with Crippen molar-refractivity contribution in [3.05, 3.63) is 35.9 Å². The molecule has 2 saturated heterocycles. The maximum Gasteiger partial charge on any atom is 0.106 e. The van der Waals surface area contributed by atoms with Gasteiger partial charge in [-0.05, 0) is 52.0 Å². The van der Waals surface area contributed by atoms with Crippen LogP contribution in [-0.2, 0) is 14.9 Å². The molecule has 1 aromatic carbocycles. The van der Waals surface area contributed by atoms with Gasteiger partial charge in [0.25, 0.3) is 0 Å². The molecule has 2 aliphatic rings. The van der Waals surface area contributed by atoms with Crippen LogP contribution in [0.15, 0.2) is 30.3 Å². The van der Waals surface area contributed by atoms with Crippen molar-refractivity contribution in [2.45, 2.75) is 76.0 Å². The highest BCUT2D eigenvalue weighted by atomic mass is 16.5. The summed E-state index contributed by atoms with van der Waals surface area (Å²) in [5.41, 5.74) is 1.68. The van der Waals surface area contributed by atoms with Crippen molar-refractivity contribution >= 4 is 0 Å². The Morgan fingerprint density at radius 1 is 1.21 bits per heavy atom. The fourth-order valence-corrected chi connectivity index (χ4v) is 4.72. The summed E-state index contributed by atoms with van der Waals surface area (Å²) in [6, 6.07) is 11.7. The molecule has 0 aromatic heterocycles. The third-order valence-electron chi connectivity index (χ3n) is 5.76. The summed E-state index contributed by atoms with van der Waals surface area (Å²) in [4.78, 5) is 0. The molecule has 0 bridgehead atoms. The second-order valence-electron chi connectivity index (χ2n) is 8.47. The lowest BCUT2D eigenvalue weighted by Crippen LogP contribution is -2.91. The van der Waals surface area contributed by atoms with Crippen LogP contribution in [0.2, 0.25) is 0 Å². The topological polar surface area (TPSA) is 35.1 Å². The van der Waals surface area contributed by atoms with Gasteiger partial charge in [0, 0.05) is 25.0 Å². The normalized spacial score (nSPS) is 31.0. The average molecular weight is 333 g/mol. The minimum Gasteiger partial charge on any atom is -0.376 e. The van der Waals surface area contributed by atoms with Crippen LogP contribution in [0.3, 0.4) is 0 Å². The summed E-state index contributed by atoms with van der Waals surface area (Å²) in [5.74, 6) is 0. The number of rotatable bonds is 6. The van der Waals surface area contributed by atoms with E-state index in [4.69, 9.17) is 9.47 Å². The Bertz CT molecular complexity index is 510. The summed E-state index contributed by atoms with van der Waals surface area (Å²) in [6.45, 7) is 9.77. The summed E-state index contributed by atoms with van der Waals surface area (Å²) in [5, 5.41) is 2.50. The van der Waals surface area contributed by atoms with E-state index in [1.807, 2.05) is 0 Å². The average Bonchev–Trinajstić information content (AvgIpc) is 3.06. The maximum atomic E-state index is 6.03. The van der Waals surface area contributed by atoms with Crippen LogP contribution < -0.4 is 5.32 Å². The quantitative estimate of drug-likeness (QED) is 0.869. The molecule has 1 aromatic rings. The Labute approximate surface area is 147 Å². The van der Waals surface area contributed by atoms with Crippen molar-refractivity contribution in [1.82, 2.24) is 0 Å². The monoisotopic (exact) mass is 332 g/mol. The van der Waals surface area contributed by atoms with E-state index in [9.17, 15) is 0 Å². The van der Waals surface area contributed by atoms with E-state index in [2.05, 4.69) is 56.4 Å². The molecule has 134 valence electrons. The first-order valence-corrected chi connectivity index (χ1v) is 9.64. The molecule has 0 aliphatic carbocycles. The van der Waals surface area contributed by atoms with Gasteiger partial charge in [0.15, 0.2) is 0 Å². The zero-order valence-corrected chi connectivity index (χ0v) is 15.6. The van der Waals surface area contributed by atoms with E-state index in [0.717, 1.165) is 32.6 Å². The van der Waals surface area contributed by atoms with Gasteiger partial charge in [-0.15, -0.1) is 0 Å². The molecule has 0 spiro atoms. The Morgan fingerprint density at radius 3 is 2.67 bits per heavy atom. The molecule has 3 rings (SSSR count). The van der Waals surface area contributed by atoms with Crippen molar-refractivity contribution in [2.75, 3.05) is 19.8 Å². The maximum absolute atomic E-state index is 6.03. The second-order valence-corrected chi connectivity index (χ2v) is 8.47. The molecular weight excluding hydrogens is 298 g/mol. The molecule has 2 heterocycles. The van der Waals surface area contributed by atoms with Gasteiger partial charge in [-0.25, -0.2) is 0 Å². The number of hydrogen-bond donors (Lipinski definition) is 1. The SMILES string of the molecule is C[C@@H](C[C@]1(c2ccccc2)CCOC(C)(C)C1)[NH2+]C[C@@H]1CCCO1. The molecule has 3 nitrogen and oxygen atoms in total. The Balaban J connectivity index is 1.70. The standard InChI is InChI=1S/C21H33NO2/c1-17(22-15-19-10-7-12-23-19)14-21(18-8-5-4-6-9-18)11-13-24-20(2,3)16-21/h4-6,8-9,17,19,22H,7,10-16H2,1-3H3/p+1/t17-,19-,21+/m0/s1. The van der Waals surface area contributed by atoms with Crippen LogP contribution in [0, 0.1) is 0 Å². The fourth-order valence-electron chi connectivity index (χ4n) is 4.72. The van der Waals surface area contributed by atoms with Crippen LogP contribution >= 0.6 is 0 Å². The lowest BCUT2D eigenvalue weighted by molar-refractivity contribution is -0.693. The van der Waals surface area contributed by atoms with Crippen molar-refractivity contribution in [3.63, 3.8) is 0 Å². The fraction of sp³-hybridized carbons (Fsp3) is 0.714. The predicted molar refractivity (Wildman–Crippen MR) is 97.2 cm³/mol. The van der Waals surface area contributed by atoms with Crippen LogP contribution in [0.1, 0.15) is 58.4 Å². The largest absolute Gasteiger partial charge is 0.376 e. The van der Waals surface area contributed by atoms with Gasteiger partial charge in [0.2, 0.25) is 0 Å². The Kier molecular flexibility index (Phi) is 5.63. The highest BCUT2D eigenvalue weighted by Crippen LogP contribution is 2.44. The highest BCUT2D eigenvalue weighted by Gasteiger charge is 2.43. The van der Waals surface area contributed by atoms with Crippen molar-refractivity contribution in [1.29, 1.82) is 0 Å². The van der Waals surface area contributed by atoms with Gasteiger partial charge in [-0.3, -0.25) is 0 Å². The van der Waals surface area contributed by atoms with E-state index < -0.39 is 0 Å². The van der Waals surface area contributed by atoms with E-state index in [0.29, 0.717) is 12.1 Å². The zero-order chi connectivity index (χ0) is 17.0. The molecule has 2 N–H and O–H groups in total. The number of hydrogen-bond acceptors (Lipinski definition) is 2. The van der Waals surface area contributed by atoms with Gasteiger partial charge in [0.1, 0.15) is 12.6 Å². The Morgan fingerprint density at radius 2 is 2.00 bits per heavy atom. The highest BCUT2D eigenvalue weighted by molar-refractivity contribution is 5.27. The number of benzene rings is 1. The van der Waals surface area contributed by atoms with Gasteiger partial charge >= 0.3 is 0 Å². The second kappa shape index (κ2) is 7.55. The van der Waals surface area contributed by atoms with Gasteiger partial charge < -0.3 is 14.8 Å². The van der Waals surface area contributed by atoms with Crippen LogP contribution in [0.25, 0.3) is 0 Å². The predicted octanol–water partition coefficient (Wildman–Crippen LogP) is 3.03. The van der Waals surface area contributed by atoms with Crippen LogP contribution in [0.4, 0.5) is 0 Å². The number of ether oxygens (including phenoxy) is 2. The van der Waals surface area contributed by atoms with E-state index in [1.165, 1.54) is 24.8 Å². The van der Waals surface area contributed by atoms with E-state index >= 15 is 0 Å². The molecule has 24 heavy (non-hydrogen) atoms. The van der Waals surface area contributed by atoms with Gasteiger partial charge in [-0.2, -0.15) is 0 Å². The van der Waals surface area contributed by atoms with Crippen molar-refractivity contribution in [3.8, 4) is 0 Å². The van der Waals surface area contributed by atoms with Crippen molar-refractivity contribution in [2.24, 2.45) is 0 Å². The molecule has 2 fully saturated rings. The first-order chi connectivity index (χ1) is 11.5. The lowest BCUT2D eigenvalue weighted by Gasteiger charge is -2.46. The third kappa shape index (κ3) is 4.38. The third-order valence-corrected chi connectivity index (χ3v) is 5.76. The minimum atomic E-state index is -0.0393. The summed E-state index contributed by atoms with van der Waals surface area (Å²) in [6.07, 6.45) is 6.35. The summed E-state index contributed by atoms with van der Waals surface area (Å²) < 4.78 is 11.8. The van der Waals surface area contributed by atoms with Gasteiger partial charge in [0.05, 0.1) is 11.6 Å². The van der Waals surface area contributed by atoms with E-state index in [-0.39, 0.29) is 11.0 Å². The zero-order valence-electron chi connectivity index (χ0n) is 15.6. The molecule has 0 radical (unpaired) electrons. The molecule has 3 atom stereocenters.